The van der Waals surface area contributed by atoms with Gasteiger partial charge in [0.15, 0.2) is 11.3 Å². The van der Waals surface area contributed by atoms with E-state index in [-0.39, 0.29) is 24.3 Å². The number of carbonyl (C=O) groups is 2. The Bertz CT molecular complexity index is 663. The fraction of sp³-hybridized carbons (Fsp3) is 0.250. The molecular weight excluding hydrogens is 350 g/mol. The molecule has 6 heteroatoms. The maximum atomic E-state index is 11.8. The van der Waals surface area contributed by atoms with Crippen LogP contribution in [0.1, 0.15) is 34.6 Å². The second kappa shape index (κ2) is 7.26. The standard InChI is InChI=1S/C16H16BrNO4/c1-10-3-5-12(6-4-10)11(2)18-15(19)9-21-16(20)13-7-8-14(17)22-13/h3-8,11H,9H2,1-2H3,(H,18,19)/t11-/m0/s1. The lowest BCUT2D eigenvalue weighted by Crippen LogP contribution is -2.31. The summed E-state index contributed by atoms with van der Waals surface area (Å²) in [5.41, 5.74) is 2.14. The predicted octanol–water partition coefficient (Wildman–Crippen LogP) is 3.38. The second-order valence-electron chi connectivity index (χ2n) is 4.88. The van der Waals surface area contributed by atoms with Gasteiger partial charge in [0.2, 0.25) is 5.76 Å². The molecule has 0 aliphatic rings. The minimum atomic E-state index is -0.677. The van der Waals surface area contributed by atoms with E-state index in [1.807, 2.05) is 38.1 Å². The summed E-state index contributed by atoms with van der Waals surface area (Å²) in [6.07, 6.45) is 0. The quantitative estimate of drug-likeness (QED) is 0.824. The fourth-order valence-corrected chi connectivity index (χ4v) is 2.15. The molecule has 0 radical (unpaired) electrons. The average molecular weight is 366 g/mol. The van der Waals surface area contributed by atoms with Gasteiger partial charge in [-0.2, -0.15) is 0 Å². The summed E-state index contributed by atoms with van der Waals surface area (Å²) >= 11 is 3.09. The van der Waals surface area contributed by atoms with Crippen molar-refractivity contribution in [3.63, 3.8) is 0 Å². The first-order valence-corrected chi connectivity index (χ1v) is 7.53. The summed E-state index contributed by atoms with van der Waals surface area (Å²) in [7, 11) is 0. The van der Waals surface area contributed by atoms with E-state index >= 15 is 0 Å². The monoisotopic (exact) mass is 365 g/mol. The van der Waals surface area contributed by atoms with Crippen LogP contribution in [0, 0.1) is 6.92 Å². The predicted molar refractivity (Wildman–Crippen MR) is 84.4 cm³/mol. The number of hydrogen-bond donors (Lipinski definition) is 1. The Morgan fingerprint density at radius 1 is 1.23 bits per heavy atom. The van der Waals surface area contributed by atoms with Crippen LogP contribution in [0.2, 0.25) is 0 Å². The molecule has 0 bridgehead atoms. The van der Waals surface area contributed by atoms with Crippen LogP contribution in [0.3, 0.4) is 0 Å². The van der Waals surface area contributed by atoms with E-state index in [1.165, 1.54) is 6.07 Å². The molecule has 116 valence electrons. The van der Waals surface area contributed by atoms with Crippen molar-refractivity contribution < 1.29 is 18.7 Å². The van der Waals surface area contributed by atoms with Crippen LogP contribution < -0.4 is 5.32 Å². The minimum absolute atomic E-state index is 0.0475. The highest BCUT2D eigenvalue weighted by Crippen LogP contribution is 2.15. The number of furan rings is 1. The topological polar surface area (TPSA) is 68.5 Å². The molecule has 1 heterocycles. The molecule has 2 rings (SSSR count). The third-order valence-electron chi connectivity index (χ3n) is 3.06. The van der Waals surface area contributed by atoms with E-state index in [2.05, 4.69) is 21.2 Å². The molecule has 2 aromatic rings. The number of amides is 1. The van der Waals surface area contributed by atoms with Gasteiger partial charge in [-0.05, 0) is 47.5 Å². The number of nitrogens with one attached hydrogen (secondary N) is 1. The number of rotatable bonds is 5. The first-order chi connectivity index (χ1) is 10.5. The van der Waals surface area contributed by atoms with Crippen molar-refractivity contribution in [3.05, 3.63) is 58.0 Å². The van der Waals surface area contributed by atoms with E-state index in [4.69, 9.17) is 9.15 Å². The molecule has 0 aliphatic heterocycles. The summed E-state index contributed by atoms with van der Waals surface area (Å²) in [5.74, 6) is -0.998. The van der Waals surface area contributed by atoms with E-state index < -0.39 is 5.97 Å². The van der Waals surface area contributed by atoms with E-state index in [1.54, 1.807) is 6.07 Å². The van der Waals surface area contributed by atoms with Gasteiger partial charge in [0.1, 0.15) is 0 Å². The Labute approximate surface area is 136 Å². The molecule has 0 fully saturated rings. The molecule has 1 aromatic heterocycles. The van der Waals surface area contributed by atoms with Gasteiger partial charge in [0.25, 0.3) is 5.91 Å². The lowest BCUT2D eigenvalue weighted by atomic mass is 10.1. The van der Waals surface area contributed by atoms with E-state index in [9.17, 15) is 9.59 Å². The number of carbonyl (C=O) groups excluding carboxylic acids is 2. The average Bonchev–Trinajstić information content (AvgIpc) is 2.92. The van der Waals surface area contributed by atoms with Gasteiger partial charge >= 0.3 is 5.97 Å². The van der Waals surface area contributed by atoms with Crippen LogP contribution in [0.25, 0.3) is 0 Å². The van der Waals surface area contributed by atoms with Gasteiger partial charge in [-0.15, -0.1) is 0 Å². The van der Waals surface area contributed by atoms with Crippen LogP contribution in [0.5, 0.6) is 0 Å². The molecule has 0 unspecified atom stereocenters. The van der Waals surface area contributed by atoms with Gasteiger partial charge in [0, 0.05) is 0 Å². The van der Waals surface area contributed by atoms with Crippen LogP contribution in [-0.2, 0) is 9.53 Å². The summed E-state index contributed by atoms with van der Waals surface area (Å²) in [6, 6.07) is 10.7. The molecule has 5 nitrogen and oxygen atoms in total. The van der Waals surface area contributed by atoms with Crippen LogP contribution in [0.15, 0.2) is 45.5 Å². The number of aryl methyl sites for hydroxylation is 1. The first kappa shape index (κ1) is 16.3. The fourth-order valence-electron chi connectivity index (χ4n) is 1.85. The zero-order chi connectivity index (χ0) is 16.1. The summed E-state index contributed by atoms with van der Waals surface area (Å²) < 4.78 is 10.4. The Kier molecular flexibility index (Phi) is 5.38. The molecule has 0 saturated heterocycles. The van der Waals surface area contributed by atoms with Gasteiger partial charge in [-0.1, -0.05) is 29.8 Å². The Morgan fingerprint density at radius 2 is 1.91 bits per heavy atom. The largest absolute Gasteiger partial charge is 0.450 e. The van der Waals surface area contributed by atoms with Crippen molar-refractivity contribution in [1.29, 1.82) is 0 Å². The summed E-state index contributed by atoms with van der Waals surface area (Å²) in [6.45, 7) is 3.51. The number of hydrogen-bond acceptors (Lipinski definition) is 4. The van der Waals surface area contributed by atoms with Gasteiger partial charge in [0.05, 0.1) is 6.04 Å². The maximum Gasteiger partial charge on any atom is 0.374 e. The smallest absolute Gasteiger partial charge is 0.374 e. The molecule has 1 atom stereocenters. The highest BCUT2D eigenvalue weighted by Gasteiger charge is 2.15. The van der Waals surface area contributed by atoms with Crippen LogP contribution >= 0.6 is 15.9 Å². The highest BCUT2D eigenvalue weighted by atomic mass is 79.9. The van der Waals surface area contributed by atoms with Crippen molar-refractivity contribution >= 4 is 27.8 Å². The number of esters is 1. The molecule has 1 aromatic carbocycles. The molecule has 1 amide bonds. The third kappa shape index (κ3) is 4.46. The van der Waals surface area contributed by atoms with Gasteiger partial charge in [-0.25, -0.2) is 4.79 Å². The lowest BCUT2D eigenvalue weighted by Gasteiger charge is -2.14. The second-order valence-corrected chi connectivity index (χ2v) is 5.66. The van der Waals surface area contributed by atoms with Crippen molar-refractivity contribution in [2.45, 2.75) is 19.9 Å². The Morgan fingerprint density at radius 3 is 2.50 bits per heavy atom. The van der Waals surface area contributed by atoms with E-state index in [0.717, 1.165) is 11.1 Å². The maximum absolute atomic E-state index is 11.8. The van der Waals surface area contributed by atoms with E-state index in [0.29, 0.717) is 4.67 Å². The normalized spacial score (nSPS) is 11.8. The molecule has 22 heavy (non-hydrogen) atoms. The number of benzene rings is 1. The molecular formula is C16H16BrNO4. The molecule has 0 saturated carbocycles. The summed E-state index contributed by atoms with van der Waals surface area (Å²) in [5, 5.41) is 2.77. The van der Waals surface area contributed by atoms with Crippen molar-refractivity contribution in [2.24, 2.45) is 0 Å². The Balaban J connectivity index is 1.82. The zero-order valence-electron chi connectivity index (χ0n) is 12.3. The van der Waals surface area contributed by atoms with Crippen LogP contribution in [0.4, 0.5) is 0 Å². The first-order valence-electron chi connectivity index (χ1n) is 6.74. The van der Waals surface area contributed by atoms with Crippen molar-refractivity contribution in [3.8, 4) is 0 Å². The summed E-state index contributed by atoms with van der Waals surface area (Å²) in [4.78, 5) is 23.4. The SMILES string of the molecule is Cc1ccc([C@H](C)NC(=O)COC(=O)c2ccc(Br)o2)cc1. The molecule has 0 spiro atoms. The third-order valence-corrected chi connectivity index (χ3v) is 3.49. The van der Waals surface area contributed by atoms with Crippen molar-refractivity contribution in [1.82, 2.24) is 5.32 Å². The molecule has 0 aliphatic carbocycles. The lowest BCUT2D eigenvalue weighted by molar-refractivity contribution is -0.124. The van der Waals surface area contributed by atoms with Crippen molar-refractivity contribution in [2.75, 3.05) is 6.61 Å². The minimum Gasteiger partial charge on any atom is -0.450 e. The number of halogens is 1. The zero-order valence-corrected chi connectivity index (χ0v) is 13.8. The Hall–Kier alpha value is -2.08. The number of ether oxygens (including phenoxy) is 1. The van der Waals surface area contributed by atoms with Crippen LogP contribution in [-0.4, -0.2) is 18.5 Å². The molecule has 1 N–H and O–H groups in total. The van der Waals surface area contributed by atoms with Gasteiger partial charge in [-0.3, -0.25) is 4.79 Å². The highest BCUT2D eigenvalue weighted by molar-refractivity contribution is 9.10. The van der Waals surface area contributed by atoms with Gasteiger partial charge < -0.3 is 14.5 Å².